The number of carboxylic acid groups (broad SMARTS) is 1. The highest BCUT2D eigenvalue weighted by Crippen LogP contribution is 2.11. The van der Waals surface area contributed by atoms with Crippen molar-refractivity contribution in [2.45, 2.75) is 4.90 Å². The number of carbonyl (C=O) groups excluding carboxylic acids is 1. The van der Waals surface area contributed by atoms with Gasteiger partial charge in [0.25, 0.3) is 0 Å². The summed E-state index contributed by atoms with van der Waals surface area (Å²) >= 11 is 0. The number of nitrogens with one attached hydrogen (secondary N) is 1. The molecule has 0 fully saturated rings. The van der Waals surface area contributed by atoms with Crippen LogP contribution < -0.4 is 9.83 Å². The molecule has 1 rings (SSSR count). The van der Waals surface area contributed by atoms with E-state index in [1.165, 1.54) is 24.9 Å². The first kappa shape index (κ1) is 10.7. The van der Waals surface area contributed by atoms with E-state index in [4.69, 9.17) is 0 Å². The minimum absolute atomic E-state index is 0.0956. The Hall–Kier alpha value is -1.34. The van der Waals surface area contributed by atoms with Crippen molar-refractivity contribution >= 4 is 16.0 Å². The van der Waals surface area contributed by atoms with Crippen molar-refractivity contribution in [2.24, 2.45) is 7.05 Å². The van der Waals surface area contributed by atoms with E-state index in [2.05, 4.69) is 4.72 Å². The number of sulfonamides is 1. The van der Waals surface area contributed by atoms with Crippen molar-refractivity contribution in [3.63, 3.8) is 0 Å². The van der Waals surface area contributed by atoms with Crippen LogP contribution >= 0.6 is 0 Å². The Morgan fingerprint density at radius 2 is 2.14 bits per heavy atom. The van der Waals surface area contributed by atoms with Gasteiger partial charge in [-0.2, -0.15) is 0 Å². The van der Waals surface area contributed by atoms with Crippen LogP contribution in [0.2, 0.25) is 0 Å². The predicted octanol–water partition coefficient (Wildman–Crippen LogP) is -1.70. The maximum Gasteiger partial charge on any atom is 0.241 e. The van der Waals surface area contributed by atoms with Crippen LogP contribution in [0.5, 0.6) is 0 Å². The van der Waals surface area contributed by atoms with Gasteiger partial charge >= 0.3 is 0 Å². The van der Waals surface area contributed by atoms with Crippen molar-refractivity contribution in [3.05, 3.63) is 18.0 Å². The van der Waals surface area contributed by atoms with E-state index in [0.717, 1.165) is 6.07 Å². The molecule has 0 saturated carbocycles. The summed E-state index contributed by atoms with van der Waals surface area (Å²) in [6.45, 7) is 0. The summed E-state index contributed by atoms with van der Waals surface area (Å²) in [7, 11) is -0.914. The van der Waals surface area contributed by atoms with Crippen LogP contribution in [0.3, 0.4) is 0 Å². The highest BCUT2D eigenvalue weighted by atomic mass is 32.2. The van der Waals surface area contributed by atoms with Gasteiger partial charge in [0.2, 0.25) is 10.0 Å². The number of hydrogen-bond acceptors (Lipinski definition) is 4. The summed E-state index contributed by atoms with van der Waals surface area (Å²) in [5.41, 5.74) is -0.182. The zero-order valence-electron chi connectivity index (χ0n) is 7.64. The Morgan fingerprint density at radius 1 is 1.57 bits per heavy atom. The van der Waals surface area contributed by atoms with Crippen molar-refractivity contribution < 1.29 is 18.3 Å². The van der Waals surface area contributed by atoms with Gasteiger partial charge in [-0.15, -0.1) is 0 Å². The highest BCUT2D eigenvalue weighted by molar-refractivity contribution is 7.89. The Labute approximate surface area is 81.2 Å². The molecule has 0 aliphatic rings. The van der Waals surface area contributed by atoms with Gasteiger partial charge in [0, 0.05) is 13.2 Å². The fourth-order valence-electron chi connectivity index (χ4n) is 1.00. The number of hydrogen-bond donors (Lipinski definition) is 1. The third kappa shape index (κ3) is 1.78. The maximum atomic E-state index is 11.3. The molecule has 14 heavy (non-hydrogen) atoms. The van der Waals surface area contributed by atoms with Gasteiger partial charge in [0.1, 0.15) is 4.90 Å². The summed E-state index contributed by atoms with van der Waals surface area (Å²) in [6.07, 6.45) is 1.21. The molecule has 0 spiro atoms. The lowest BCUT2D eigenvalue weighted by atomic mass is 10.4. The van der Waals surface area contributed by atoms with Crippen LogP contribution in [0.4, 0.5) is 0 Å². The zero-order chi connectivity index (χ0) is 10.9. The van der Waals surface area contributed by atoms with Gasteiger partial charge in [0.15, 0.2) is 0 Å². The number of nitrogens with zero attached hydrogens (tertiary/aromatic N) is 1. The Balaban J connectivity index is 3.29. The molecule has 1 aromatic heterocycles. The molecule has 6 nitrogen and oxygen atoms in total. The first-order chi connectivity index (χ1) is 6.38. The average Bonchev–Trinajstić information content (AvgIpc) is 2.48. The van der Waals surface area contributed by atoms with Crippen LogP contribution in [0.1, 0.15) is 10.5 Å². The van der Waals surface area contributed by atoms with E-state index in [0.29, 0.717) is 0 Å². The van der Waals surface area contributed by atoms with E-state index >= 15 is 0 Å². The largest absolute Gasteiger partial charge is 0.543 e. The number of aryl methyl sites for hydroxylation is 1. The molecule has 0 unspecified atom stereocenters. The topological polar surface area (TPSA) is 91.2 Å². The number of aromatic carboxylic acids is 1. The van der Waals surface area contributed by atoms with Gasteiger partial charge < -0.3 is 14.5 Å². The van der Waals surface area contributed by atoms with Gasteiger partial charge in [-0.3, -0.25) is 0 Å². The molecule has 1 heterocycles. The molecular formula is C7H9N2O4S-. The van der Waals surface area contributed by atoms with E-state index in [9.17, 15) is 18.3 Å². The molecule has 0 atom stereocenters. The van der Waals surface area contributed by atoms with Crippen LogP contribution in [0, 0.1) is 0 Å². The molecule has 0 bridgehead atoms. The molecule has 1 N–H and O–H groups in total. The highest BCUT2D eigenvalue weighted by Gasteiger charge is 2.15. The summed E-state index contributed by atoms with van der Waals surface area (Å²) in [6, 6.07) is 1.04. The standard InChI is InChI=1S/C7H10N2O4S/c1-8-14(12,13)5-3-6(7(10)11)9(2)4-5/h3-4,8H,1-2H3,(H,10,11)/p-1. The van der Waals surface area contributed by atoms with Crippen LogP contribution in [-0.2, 0) is 17.1 Å². The minimum Gasteiger partial charge on any atom is -0.543 e. The Kier molecular flexibility index (Phi) is 2.63. The molecular weight excluding hydrogens is 208 g/mol. The fourth-order valence-corrected chi connectivity index (χ4v) is 1.80. The lowest BCUT2D eigenvalue weighted by Crippen LogP contribution is -2.24. The average molecular weight is 217 g/mol. The monoisotopic (exact) mass is 217 g/mol. The number of carboxylic acids is 1. The summed E-state index contributed by atoms with van der Waals surface area (Å²) in [5, 5.41) is 10.5. The van der Waals surface area contributed by atoms with E-state index in [-0.39, 0.29) is 10.6 Å². The fraction of sp³-hybridized carbons (Fsp3) is 0.286. The van der Waals surface area contributed by atoms with Crippen molar-refractivity contribution in [1.82, 2.24) is 9.29 Å². The maximum absolute atomic E-state index is 11.3. The van der Waals surface area contributed by atoms with Gasteiger partial charge in [-0.05, 0) is 13.1 Å². The zero-order valence-corrected chi connectivity index (χ0v) is 8.46. The van der Waals surface area contributed by atoms with Gasteiger partial charge in [0.05, 0.1) is 11.7 Å². The molecule has 0 aromatic carbocycles. The second-order valence-electron chi connectivity index (χ2n) is 2.67. The first-order valence-electron chi connectivity index (χ1n) is 3.69. The van der Waals surface area contributed by atoms with Gasteiger partial charge in [-0.1, -0.05) is 0 Å². The number of rotatable bonds is 3. The van der Waals surface area contributed by atoms with Crippen molar-refractivity contribution in [3.8, 4) is 0 Å². The molecule has 0 aliphatic heterocycles. The van der Waals surface area contributed by atoms with Gasteiger partial charge in [-0.25, -0.2) is 13.1 Å². The van der Waals surface area contributed by atoms with Crippen LogP contribution in [0.25, 0.3) is 0 Å². The Bertz CT molecular complexity index is 460. The predicted molar refractivity (Wildman–Crippen MR) is 46.0 cm³/mol. The summed E-state index contributed by atoms with van der Waals surface area (Å²) in [4.78, 5) is 10.4. The molecule has 0 aliphatic carbocycles. The molecule has 78 valence electrons. The lowest BCUT2D eigenvalue weighted by Gasteiger charge is -2.00. The molecule has 0 saturated heterocycles. The number of aromatic nitrogens is 1. The summed E-state index contributed by atoms with van der Waals surface area (Å²) in [5.74, 6) is -1.41. The van der Waals surface area contributed by atoms with Crippen LogP contribution in [0.15, 0.2) is 17.2 Å². The second kappa shape index (κ2) is 3.43. The smallest absolute Gasteiger partial charge is 0.241 e. The minimum atomic E-state index is -3.60. The SMILES string of the molecule is CNS(=O)(=O)c1cc(C(=O)[O-])n(C)c1. The van der Waals surface area contributed by atoms with Crippen molar-refractivity contribution in [2.75, 3.05) is 7.05 Å². The van der Waals surface area contributed by atoms with E-state index in [1.807, 2.05) is 0 Å². The molecule has 1 aromatic rings. The first-order valence-corrected chi connectivity index (χ1v) is 5.18. The van der Waals surface area contributed by atoms with Crippen LogP contribution in [-0.4, -0.2) is 26.0 Å². The normalized spacial score (nSPS) is 11.6. The molecule has 0 radical (unpaired) electrons. The third-order valence-electron chi connectivity index (χ3n) is 1.77. The Morgan fingerprint density at radius 3 is 2.50 bits per heavy atom. The lowest BCUT2D eigenvalue weighted by molar-refractivity contribution is -0.255. The molecule has 7 heteroatoms. The second-order valence-corrected chi connectivity index (χ2v) is 4.55. The number of carbonyl (C=O) groups is 1. The quantitative estimate of drug-likeness (QED) is 0.653. The summed E-state index contributed by atoms with van der Waals surface area (Å²) < 4.78 is 25.8. The van der Waals surface area contributed by atoms with E-state index < -0.39 is 16.0 Å². The molecule has 0 amide bonds. The van der Waals surface area contributed by atoms with Crippen molar-refractivity contribution in [1.29, 1.82) is 0 Å². The third-order valence-corrected chi connectivity index (χ3v) is 3.15. The van der Waals surface area contributed by atoms with E-state index in [1.54, 1.807) is 0 Å².